The number of sulfonamides is 1. The van der Waals surface area contributed by atoms with Gasteiger partial charge in [0.05, 0.1) is 0 Å². The number of H-pyrrole nitrogens is 2. The topological polar surface area (TPSA) is 112 Å². The molecular formula is C13H13ClFN3O4S2. The number of hydrogen-bond donors (Lipinski definition) is 3. The van der Waals surface area contributed by atoms with Crippen molar-refractivity contribution >= 4 is 33.4 Å². The van der Waals surface area contributed by atoms with Gasteiger partial charge in [0.1, 0.15) is 5.82 Å². The third kappa shape index (κ3) is 4.69. The lowest BCUT2D eigenvalue weighted by molar-refractivity contribution is 0.582. The monoisotopic (exact) mass is 393 g/mol. The Morgan fingerprint density at radius 2 is 2.04 bits per heavy atom. The van der Waals surface area contributed by atoms with Gasteiger partial charge in [0, 0.05) is 34.8 Å². The molecule has 0 aliphatic heterocycles. The van der Waals surface area contributed by atoms with Crippen molar-refractivity contribution in [3.8, 4) is 0 Å². The van der Waals surface area contributed by atoms with Crippen LogP contribution in [-0.4, -0.2) is 30.7 Å². The smallest absolute Gasteiger partial charge is 0.313 e. The molecule has 1 aromatic carbocycles. The first-order chi connectivity index (χ1) is 11.3. The van der Waals surface area contributed by atoms with E-state index in [1.807, 2.05) is 4.98 Å². The summed E-state index contributed by atoms with van der Waals surface area (Å²) in [6.45, 7) is 0.0254. The van der Waals surface area contributed by atoms with Crippen LogP contribution >= 0.6 is 23.4 Å². The van der Waals surface area contributed by atoms with Crippen molar-refractivity contribution in [1.29, 1.82) is 0 Å². The van der Waals surface area contributed by atoms with Gasteiger partial charge >= 0.3 is 5.69 Å². The minimum absolute atomic E-state index is 0.0254. The molecule has 0 saturated carbocycles. The third-order valence-corrected chi connectivity index (χ3v) is 5.73. The summed E-state index contributed by atoms with van der Waals surface area (Å²) in [7, 11) is -4.05. The highest BCUT2D eigenvalue weighted by Gasteiger charge is 2.18. The lowest BCUT2D eigenvalue weighted by atomic mass is 10.2. The zero-order valence-electron chi connectivity index (χ0n) is 12.1. The van der Waals surface area contributed by atoms with Crippen LogP contribution in [0.25, 0.3) is 0 Å². The molecule has 7 nitrogen and oxygen atoms in total. The maximum Gasteiger partial charge on any atom is 0.325 e. The van der Waals surface area contributed by atoms with Crippen molar-refractivity contribution in [2.45, 2.75) is 10.6 Å². The van der Waals surface area contributed by atoms with Gasteiger partial charge in [0.2, 0.25) is 10.0 Å². The summed E-state index contributed by atoms with van der Waals surface area (Å²) >= 11 is 7.18. The summed E-state index contributed by atoms with van der Waals surface area (Å²) in [5.41, 5.74) is -1.45. The fraction of sp³-hybridized carbons (Fsp3) is 0.231. The summed E-state index contributed by atoms with van der Waals surface area (Å²) in [6, 6.07) is 4.38. The van der Waals surface area contributed by atoms with E-state index < -0.39 is 32.0 Å². The minimum Gasteiger partial charge on any atom is -0.313 e. The molecule has 24 heavy (non-hydrogen) atoms. The number of halogens is 2. The largest absolute Gasteiger partial charge is 0.325 e. The van der Waals surface area contributed by atoms with E-state index in [-0.39, 0.29) is 12.3 Å². The summed E-state index contributed by atoms with van der Waals surface area (Å²) in [5, 5.41) is 0.308. The molecule has 0 atom stereocenters. The van der Waals surface area contributed by atoms with Crippen LogP contribution in [0.5, 0.6) is 0 Å². The Labute approximate surface area is 145 Å². The molecule has 0 radical (unpaired) electrons. The predicted octanol–water partition coefficient (Wildman–Crippen LogP) is 1.07. The average Bonchev–Trinajstić information content (AvgIpc) is 2.49. The Balaban J connectivity index is 1.90. The van der Waals surface area contributed by atoms with E-state index in [4.69, 9.17) is 11.6 Å². The molecule has 11 heteroatoms. The quantitative estimate of drug-likeness (QED) is 0.609. The molecule has 0 unspecified atom stereocenters. The van der Waals surface area contributed by atoms with Gasteiger partial charge < -0.3 is 4.98 Å². The highest BCUT2D eigenvalue weighted by molar-refractivity contribution is 7.98. The number of benzene rings is 1. The number of rotatable bonds is 7. The van der Waals surface area contributed by atoms with Crippen LogP contribution in [0, 0.1) is 5.82 Å². The van der Waals surface area contributed by atoms with Crippen LogP contribution in [-0.2, 0) is 15.8 Å². The molecule has 0 amide bonds. The zero-order valence-corrected chi connectivity index (χ0v) is 14.5. The Kier molecular flexibility index (Phi) is 6.21. The van der Waals surface area contributed by atoms with Crippen LogP contribution in [0.3, 0.4) is 0 Å². The molecule has 0 fully saturated rings. The van der Waals surface area contributed by atoms with Gasteiger partial charge in [0.25, 0.3) is 5.56 Å². The second kappa shape index (κ2) is 7.97. The van der Waals surface area contributed by atoms with E-state index in [1.165, 1.54) is 23.9 Å². The summed E-state index contributed by atoms with van der Waals surface area (Å²) in [5.74, 6) is 0.202. The summed E-state index contributed by atoms with van der Waals surface area (Å²) < 4.78 is 39.7. The first kappa shape index (κ1) is 18.7. The number of aromatic amines is 2. The Morgan fingerprint density at radius 3 is 2.71 bits per heavy atom. The van der Waals surface area contributed by atoms with E-state index in [1.54, 1.807) is 6.07 Å². The second-order valence-electron chi connectivity index (χ2n) is 4.59. The van der Waals surface area contributed by atoms with Crippen LogP contribution in [0.1, 0.15) is 5.56 Å². The minimum atomic E-state index is -4.05. The number of thioether (sulfide) groups is 1. The number of hydrogen-bond acceptors (Lipinski definition) is 5. The number of aromatic nitrogens is 2. The molecule has 1 aromatic heterocycles. The van der Waals surface area contributed by atoms with E-state index in [9.17, 15) is 22.4 Å². The fourth-order valence-electron chi connectivity index (χ4n) is 1.77. The zero-order chi connectivity index (χ0) is 17.7. The van der Waals surface area contributed by atoms with Crippen LogP contribution in [0.15, 0.2) is 38.9 Å². The maximum atomic E-state index is 13.6. The molecule has 0 aliphatic rings. The molecule has 3 N–H and O–H groups in total. The van der Waals surface area contributed by atoms with Crippen LogP contribution in [0.4, 0.5) is 4.39 Å². The average molecular weight is 394 g/mol. The van der Waals surface area contributed by atoms with Crippen molar-refractivity contribution in [3.05, 3.63) is 61.6 Å². The van der Waals surface area contributed by atoms with Gasteiger partial charge in [-0.15, -0.1) is 0 Å². The molecule has 2 aromatic rings. The van der Waals surface area contributed by atoms with Crippen molar-refractivity contribution in [1.82, 2.24) is 14.7 Å². The van der Waals surface area contributed by atoms with Gasteiger partial charge in [-0.3, -0.25) is 9.78 Å². The lowest BCUT2D eigenvalue weighted by Gasteiger charge is -2.07. The van der Waals surface area contributed by atoms with Crippen molar-refractivity contribution in [2.24, 2.45) is 0 Å². The molecular weight excluding hydrogens is 381 g/mol. The van der Waals surface area contributed by atoms with Gasteiger partial charge in [0.15, 0.2) is 4.90 Å². The van der Waals surface area contributed by atoms with Gasteiger partial charge in [-0.2, -0.15) is 11.8 Å². The van der Waals surface area contributed by atoms with Gasteiger partial charge in [-0.1, -0.05) is 17.7 Å². The fourth-order valence-corrected chi connectivity index (χ4v) is 4.13. The molecule has 2 rings (SSSR count). The van der Waals surface area contributed by atoms with Crippen LogP contribution < -0.4 is 16.0 Å². The lowest BCUT2D eigenvalue weighted by Crippen LogP contribution is -2.34. The SMILES string of the molecule is O=c1[nH]cc(S(=O)(=O)NCCSCc2c(F)cccc2Cl)c(=O)[nH]1. The van der Waals surface area contributed by atoms with Crippen molar-refractivity contribution in [2.75, 3.05) is 12.3 Å². The Morgan fingerprint density at radius 1 is 1.29 bits per heavy atom. The maximum absolute atomic E-state index is 13.6. The standard InChI is InChI=1S/C13H13ClFN3O4S2/c14-9-2-1-3-10(15)8(9)7-23-5-4-17-24(21,22)11-6-16-13(20)18-12(11)19/h1-3,6,17H,4-5,7H2,(H2,16,18,19,20). The Hall–Kier alpha value is -1.62. The number of nitrogens with one attached hydrogen (secondary N) is 3. The molecule has 0 aliphatic carbocycles. The molecule has 0 spiro atoms. The second-order valence-corrected chi connectivity index (χ2v) is 7.83. The van der Waals surface area contributed by atoms with Crippen molar-refractivity contribution < 1.29 is 12.8 Å². The predicted molar refractivity (Wildman–Crippen MR) is 90.4 cm³/mol. The van der Waals surface area contributed by atoms with E-state index in [0.717, 1.165) is 6.20 Å². The van der Waals surface area contributed by atoms with E-state index >= 15 is 0 Å². The molecule has 0 saturated heterocycles. The summed E-state index contributed by atoms with van der Waals surface area (Å²) in [6.07, 6.45) is 0.829. The first-order valence-electron chi connectivity index (χ1n) is 6.63. The highest BCUT2D eigenvalue weighted by atomic mass is 35.5. The molecule has 0 bridgehead atoms. The van der Waals surface area contributed by atoms with Gasteiger partial charge in [-0.05, 0) is 12.1 Å². The molecule has 130 valence electrons. The third-order valence-electron chi connectivity index (χ3n) is 2.92. The van der Waals surface area contributed by atoms with Gasteiger partial charge in [-0.25, -0.2) is 22.3 Å². The van der Waals surface area contributed by atoms with E-state index in [0.29, 0.717) is 16.3 Å². The summed E-state index contributed by atoms with van der Waals surface area (Å²) in [4.78, 5) is 25.7. The highest BCUT2D eigenvalue weighted by Crippen LogP contribution is 2.23. The van der Waals surface area contributed by atoms with Crippen LogP contribution in [0.2, 0.25) is 5.02 Å². The van der Waals surface area contributed by atoms with E-state index in [2.05, 4.69) is 9.71 Å². The van der Waals surface area contributed by atoms with Crippen molar-refractivity contribution in [3.63, 3.8) is 0 Å². The first-order valence-corrected chi connectivity index (χ1v) is 9.65. The Bertz CT molecular complexity index is 922. The molecule has 1 heterocycles. The normalized spacial score (nSPS) is 11.6.